The summed E-state index contributed by atoms with van der Waals surface area (Å²) in [4.78, 5) is 11.9. The van der Waals surface area contributed by atoms with Crippen molar-refractivity contribution >= 4 is 11.5 Å². The molecule has 1 aliphatic heterocycles. The number of rotatable bonds is 4. The molecule has 4 heteroatoms. The Balaban J connectivity index is 1.70. The lowest BCUT2D eigenvalue weighted by molar-refractivity contribution is 0.0990. The molecule has 0 atom stereocenters. The van der Waals surface area contributed by atoms with E-state index >= 15 is 0 Å². The maximum atomic E-state index is 11.9. The molecule has 2 aliphatic rings. The lowest BCUT2D eigenvalue weighted by Crippen LogP contribution is -2.25. The van der Waals surface area contributed by atoms with Gasteiger partial charge in [-0.15, -0.1) is 0 Å². The zero-order valence-electron chi connectivity index (χ0n) is 9.66. The molecular formula is C13H16N2O2. The third kappa shape index (κ3) is 2.42. The Bertz CT molecular complexity index is 441. The Hall–Kier alpha value is -1.55. The summed E-state index contributed by atoms with van der Waals surface area (Å²) in [6, 6.07) is 6.15. The van der Waals surface area contributed by atoms with Crippen molar-refractivity contribution in [3.05, 3.63) is 23.8 Å². The van der Waals surface area contributed by atoms with E-state index in [0.29, 0.717) is 19.2 Å². The van der Waals surface area contributed by atoms with Gasteiger partial charge < -0.3 is 15.4 Å². The van der Waals surface area contributed by atoms with Crippen molar-refractivity contribution in [2.75, 3.05) is 25.0 Å². The normalized spacial score (nSPS) is 17.9. The molecule has 0 aromatic heterocycles. The van der Waals surface area contributed by atoms with Gasteiger partial charge in [-0.05, 0) is 31.0 Å². The number of fused-ring (bicyclic) bond motifs is 1. The van der Waals surface area contributed by atoms with Crippen LogP contribution in [0.4, 0.5) is 5.69 Å². The van der Waals surface area contributed by atoms with Gasteiger partial charge in [-0.2, -0.15) is 0 Å². The molecule has 0 radical (unpaired) electrons. The quantitative estimate of drug-likeness (QED) is 0.771. The third-order valence-corrected chi connectivity index (χ3v) is 3.11. The van der Waals surface area contributed by atoms with Crippen molar-refractivity contribution < 1.29 is 9.53 Å². The van der Waals surface area contributed by atoms with Crippen LogP contribution in [-0.2, 0) is 0 Å². The molecule has 1 aromatic carbocycles. The summed E-state index contributed by atoms with van der Waals surface area (Å²) >= 11 is 0. The summed E-state index contributed by atoms with van der Waals surface area (Å²) < 4.78 is 5.48. The first-order valence-electron chi connectivity index (χ1n) is 6.10. The van der Waals surface area contributed by atoms with Crippen molar-refractivity contribution in [3.8, 4) is 5.75 Å². The maximum absolute atomic E-state index is 11.9. The minimum absolute atomic E-state index is 0.145. The molecule has 0 saturated heterocycles. The predicted octanol–water partition coefficient (Wildman–Crippen LogP) is 1.43. The first-order chi connectivity index (χ1) is 8.33. The molecule has 1 aromatic rings. The summed E-state index contributed by atoms with van der Waals surface area (Å²) in [5.41, 5.74) is 1.67. The van der Waals surface area contributed by atoms with E-state index in [4.69, 9.17) is 4.74 Å². The molecule has 3 rings (SSSR count). The van der Waals surface area contributed by atoms with Gasteiger partial charge in [0, 0.05) is 18.2 Å². The van der Waals surface area contributed by atoms with E-state index in [-0.39, 0.29) is 5.78 Å². The van der Waals surface area contributed by atoms with Crippen LogP contribution >= 0.6 is 0 Å². The van der Waals surface area contributed by atoms with E-state index < -0.39 is 0 Å². The van der Waals surface area contributed by atoms with Crippen molar-refractivity contribution in [1.82, 2.24) is 5.32 Å². The molecule has 4 nitrogen and oxygen atoms in total. The lowest BCUT2D eigenvalue weighted by Gasteiger charge is -2.19. The molecule has 0 unspecified atom stereocenters. The molecule has 1 aliphatic carbocycles. The van der Waals surface area contributed by atoms with Crippen LogP contribution in [0.2, 0.25) is 0 Å². The highest BCUT2D eigenvalue weighted by Crippen LogP contribution is 2.28. The molecule has 1 fully saturated rings. The van der Waals surface area contributed by atoms with Crippen molar-refractivity contribution in [3.63, 3.8) is 0 Å². The molecule has 90 valence electrons. The summed E-state index contributed by atoms with van der Waals surface area (Å²) in [6.07, 6.45) is 2.40. The van der Waals surface area contributed by atoms with Gasteiger partial charge in [0.1, 0.15) is 12.4 Å². The van der Waals surface area contributed by atoms with Crippen LogP contribution in [0.25, 0.3) is 0 Å². The molecule has 2 N–H and O–H groups in total. The van der Waals surface area contributed by atoms with Crippen LogP contribution in [0.1, 0.15) is 23.2 Å². The van der Waals surface area contributed by atoms with Gasteiger partial charge in [-0.25, -0.2) is 0 Å². The highest BCUT2D eigenvalue weighted by molar-refractivity contribution is 5.98. The van der Waals surface area contributed by atoms with Crippen LogP contribution in [0, 0.1) is 0 Å². The average molecular weight is 232 g/mol. The number of Topliss-reactive ketones (excluding diaryl/α,β-unsaturated/α-hetero) is 1. The van der Waals surface area contributed by atoms with Crippen molar-refractivity contribution in [2.24, 2.45) is 0 Å². The number of hydrogen-bond donors (Lipinski definition) is 2. The predicted molar refractivity (Wildman–Crippen MR) is 65.8 cm³/mol. The third-order valence-electron chi connectivity index (χ3n) is 3.11. The van der Waals surface area contributed by atoms with E-state index in [1.54, 1.807) is 0 Å². The Morgan fingerprint density at radius 3 is 3.18 bits per heavy atom. The van der Waals surface area contributed by atoms with E-state index in [0.717, 1.165) is 23.5 Å². The van der Waals surface area contributed by atoms with Crippen LogP contribution in [0.5, 0.6) is 5.75 Å². The van der Waals surface area contributed by atoms with Gasteiger partial charge in [0.05, 0.1) is 12.2 Å². The van der Waals surface area contributed by atoms with Crippen LogP contribution < -0.4 is 15.4 Å². The Kier molecular flexibility index (Phi) is 2.73. The number of benzene rings is 1. The number of carbonyl (C=O) groups is 1. The number of carbonyl (C=O) groups excluding carboxylic acids is 1. The zero-order valence-corrected chi connectivity index (χ0v) is 9.66. The topological polar surface area (TPSA) is 50.4 Å². The first-order valence-corrected chi connectivity index (χ1v) is 6.10. The van der Waals surface area contributed by atoms with E-state index in [1.165, 1.54) is 12.8 Å². The summed E-state index contributed by atoms with van der Waals surface area (Å²) in [5, 5.41) is 6.47. The summed E-state index contributed by atoms with van der Waals surface area (Å²) in [6.45, 7) is 1.92. The molecule has 17 heavy (non-hydrogen) atoms. The summed E-state index contributed by atoms with van der Waals surface area (Å²) in [7, 11) is 0. The zero-order chi connectivity index (χ0) is 11.7. The van der Waals surface area contributed by atoms with Crippen LogP contribution in [0.3, 0.4) is 0 Å². The molecule has 0 bridgehead atoms. The maximum Gasteiger partial charge on any atom is 0.176 e. The van der Waals surface area contributed by atoms with Gasteiger partial charge in [-0.1, -0.05) is 0 Å². The number of nitrogens with one attached hydrogen (secondary N) is 2. The van der Waals surface area contributed by atoms with Gasteiger partial charge >= 0.3 is 0 Å². The van der Waals surface area contributed by atoms with Gasteiger partial charge in [0.15, 0.2) is 5.78 Å². The number of ether oxygens (including phenoxy) is 1. The minimum Gasteiger partial charge on any atom is -0.490 e. The average Bonchev–Trinajstić information content (AvgIpc) is 3.19. The van der Waals surface area contributed by atoms with Gasteiger partial charge in [0.25, 0.3) is 0 Å². The van der Waals surface area contributed by atoms with E-state index in [2.05, 4.69) is 10.6 Å². The van der Waals surface area contributed by atoms with Gasteiger partial charge in [-0.3, -0.25) is 4.79 Å². The van der Waals surface area contributed by atoms with Crippen molar-refractivity contribution in [2.45, 2.75) is 18.9 Å². The van der Waals surface area contributed by atoms with Crippen molar-refractivity contribution in [1.29, 1.82) is 0 Å². The highest BCUT2D eigenvalue weighted by Gasteiger charge is 2.21. The highest BCUT2D eigenvalue weighted by atomic mass is 16.5. The number of ketones is 1. The van der Waals surface area contributed by atoms with Gasteiger partial charge in [0.2, 0.25) is 0 Å². The van der Waals surface area contributed by atoms with E-state index in [1.807, 2.05) is 18.2 Å². The Morgan fingerprint density at radius 2 is 2.35 bits per heavy atom. The Labute approximate surface area is 100 Å². The second-order valence-electron chi connectivity index (χ2n) is 4.56. The number of anilines is 1. The standard InChI is InChI=1S/C13H16N2O2/c16-12(8-15-10-2-3-10)9-1-4-13-11(7-9)14-5-6-17-13/h1,4,7,10,14-15H,2-3,5-6,8H2. The molecule has 1 heterocycles. The summed E-state index contributed by atoms with van der Waals surface area (Å²) in [5.74, 6) is 0.982. The smallest absolute Gasteiger partial charge is 0.176 e. The first kappa shape index (κ1) is 10.6. The largest absolute Gasteiger partial charge is 0.490 e. The molecule has 0 amide bonds. The van der Waals surface area contributed by atoms with Crippen LogP contribution in [-0.4, -0.2) is 31.5 Å². The number of hydrogen-bond acceptors (Lipinski definition) is 4. The fourth-order valence-electron chi connectivity index (χ4n) is 1.94. The molecule has 1 saturated carbocycles. The molecular weight excluding hydrogens is 216 g/mol. The minimum atomic E-state index is 0.145. The fourth-order valence-corrected chi connectivity index (χ4v) is 1.94. The monoisotopic (exact) mass is 232 g/mol. The van der Waals surface area contributed by atoms with Crippen LogP contribution in [0.15, 0.2) is 18.2 Å². The Morgan fingerprint density at radius 1 is 1.47 bits per heavy atom. The second kappa shape index (κ2) is 4.37. The van der Waals surface area contributed by atoms with E-state index in [9.17, 15) is 4.79 Å². The fraction of sp³-hybridized carbons (Fsp3) is 0.462. The second-order valence-corrected chi connectivity index (χ2v) is 4.56. The molecule has 0 spiro atoms. The lowest BCUT2D eigenvalue weighted by atomic mass is 10.1. The SMILES string of the molecule is O=C(CNC1CC1)c1ccc2c(c1)NCCO2.